The van der Waals surface area contributed by atoms with E-state index in [4.69, 9.17) is 0 Å². The van der Waals surface area contributed by atoms with Crippen molar-refractivity contribution in [2.24, 2.45) is 5.92 Å². The zero-order valence-electron chi connectivity index (χ0n) is 15.7. The number of amides is 2. The van der Waals surface area contributed by atoms with Gasteiger partial charge in [-0.05, 0) is 31.4 Å². The lowest BCUT2D eigenvalue weighted by Gasteiger charge is -2.34. The number of carbonyl (C=O) groups is 2. The highest BCUT2D eigenvalue weighted by Gasteiger charge is 2.31. The fourth-order valence-electron chi connectivity index (χ4n) is 3.77. The van der Waals surface area contributed by atoms with E-state index in [1.807, 2.05) is 28.6 Å². The van der Waals surface area contributed by atoms with E-state index in [1.54, 1.807) is 17.1 Å². The minimum absolute atomic E-state index is 0.0611. The summed E-state index contributed by atoms with van der Waals surface area (Å²) in [7, 11) is 0. The zero-order valence-corrected chi connectivity index (χ0v) is 15.7. The summed E-state index contributed by atoms with van der Waals surface area (Å²) in [4.78, 5) is 26.9. The van der Waals surface area contributed by atoms with Crippen LogP contribution >= 0.6 is 0 Å². The Morgan fingerprint density at radius 1 is 1.33 bits per heavy atom. The Kier molecular flexibility index (Phi) is 4.96. The molecule has 1 atom stereocenters. The van der Waals surface area contributed by atoms with Crippen LogP contribution in [0.3, 0.4) is 0 Å². The normalized spacial score (nSPS) is 17.9. The summed E-state index contributed by atoms with van der Waals surface area (Å²) >= 11 is 0. The number of nitrogens with one attached hydrogen (secondary N) is 1. The lowest BCUT2D eigenvalue weighted by atomic mass is 9.84. The summed E-state index contributed by atoms with van der Waals surface area (Å²) in [5.41, 5.74) is 1.86. The Morgan fingerprint density at radius 2 is 2.19 bits per heavy atom. The highest BCUT2D eigenvalue weighted by atomic mass is 16.2. The second-order valence-electron chi connectivity index (χ2n) is 7.37. The van der Waals surface area contributed by atoms with E-state index >= 15 is 0 Å². The van der Waals surface area contributed by atoms with Gasteiger partial charge >= 0.3 is 0 Å². The molecule has 1 fully saturated rings. The minimum atomic E-state index is -0.312. The van der Waals surface area contributed by atoms with E-state index < -0.39 is 0 Å². The standard InChI is InChI=1S/C19H26N6O2/c1-2-17(25-8-4-7-21-25)18(26)20-12-15-11-16-13-23(9-10-24(16)22-15)19(27)14-5-3-6-14/h4,7-8,11,14,17H,2-3,5-6,9-10,12-13H2,1H3,(H,20,26)/t17-/m0/s1. The van der Waals surface area contributed by atoms with Gasteiger partial charge in [-0.2, -0.15) is 10.2 Å². The van der Waals surface area contributed by atoms with Crippen LogP contribution in [0.5, 0.6) is 0 Å². The van der Waals surface area contributed by atoms with Crippen LogP contribution in [-0.4, -0.2) is 42.8 Å². The minimum Gasteiger partial charge on any atom is -0.349 e. The van der Waals surface area contributed by atoms with Gasteiger partial charge in [0.2, 0.25) is 11.8 Å². The molecule has 4 rings (SSSR count). The maximum Gasteiger partial charge on any atom is 0.245 e. The van der Waals surface area contributed by atoms with Crippen LogP contribution < -0.4 is 5.32 Å². The molecule has 1 saturated carbocycles. The average Bonchev–Trinajstić information content (AvgIpc) is 3.27. The quantitative estimate of drug-likeness (QED) is 0.835. The van der Waals surface area contributed by atoms with Crippen molar-refractivity contribution in [3.05, 3.63) is 35.9 Å². The molecule has 0 aromatic carbocycles. The third kappa shape index (κ3) is 3.61. The number of carbonyl (C=O) groups excluding carboxylic acids is 2. The molecule has 1 aliphatic heterocycles. The molecule has 0 radical (unpaired) electrons. The fraction of sp³-hybridized carbons (Fsp3) is 0.579. The maximum absolute atomic E-state index is 12.5. The van der Waals surface area contributed by atoms with E-state index in [2.05, 4.69) is 15.5 Å². The maximum atomic E-state index is 12.5. The molecule has 0 bridgehead atoms. The van der Waals surface area contributed by atoms with E-state index in [9.17, 15) is 9.59 Å². The molecule has 144 valence electrons. The Balaban J connectivity index is 1.35. The fourth-order valence-corrected chi connectivity index (χ4v) is 3.77. The molecule has 0 spiro atoms. The molecular formula is C19H26N6O2. The van der Waals surface area contributed by atoms with Crippen molar-refractivity contribution in [1.82, 2.24) is 29.8 Å². The predicted molar refractivity (Wildman–Crippen MR) is 98.4 cm³/mol. The highest BCUT2D eigenvalue weighted by molar-refractivity contribution is 5.80. The summed E-state index contributed by atoms with van der Waals surface area (Å²) in [6.07, 6.45) is 7.38. The molecule has 1 N–H and O–H groups in total. The van der Waals surface area contributed by atoms with Gasteiger partial charge in [0, 0.05) is 24.9 Å². The third-order valence-electron chi connectivity index (χ3n) is 5.59. The van der Waals surface area contributed by atoms with Crippen molar-refractivity contribution in [3.63, 3.8) is 0 Å². The molecule has 2 aromatic rings. The average molecular weight is 370 g/mol. The molecule has 8 heteroatoms. The Morgan fingerprint density at radius 3 is 2.85 bits per heavy atom. The Bertz CT molecular complexity index is 808. The zero-order chi connectivity index (χ0) is 18.8. The summed E-state index contributed by atoms with van der Waals surface area (Å²) < 4.78 is 3.63. The first-order chi connectivity index (χ1) is 13.2. The molecule has 2 amide bonds. The number of nitrogens with zero attached hydrogens (tertiary/aromatic N) is 5. The molecule has 0 saturated heterocycles. The SMILES string of the molecule is CC[C@@H](C(=O)NCc1cc2n(n1)CCN(C(=O)C1CCC1)C2)n1cccn1. The third-order valence-corrected chi connectivity index (χ3v) is 5.59. The van der Waals surface area contributed by atoms with Crippen LogP contribution in [0.15, 0.2) is 24.5 Å². The molecule has 3 heterocycles. The van der Waals surface area contributed by atoms with Crippen LogP contribution in [0.4, 0.5) is 0 Å². The number of rotatable bonds is 6. The smallest absolute Gasteiger partial charge is 0.245 e. The molecule has 27 heavy (non-hydrogen) atoms. The Hall–Kier alpha value is -2.64. The second kappa shape index (κ2) is 7.54. The predicted octanol–water partition coefficient (Wildman–Crippen LogP) is 1.49. The van der Waals surface area contributed by atoms with Crippen molar-refractivity contribution in [1.29, 1.82) is 0 Å². The first-order valence-electron chi connectivity index (χ1n) is 9.77. The number of hydrogen-bond donors (Lipinski definition) is 1. The van der Waals surface area contributed by atoms with Crippen LogP contribution in [0.2, 0.25) is 0 Å². The Labute approximate surface area is 158 Å². The van der Waals surface area contributed by atoms with Gasteiger partial charge in [0.25, 0.3) is 0 Å². The number of hydrogen-bond acceptors (Lipinski definition) is 4. The summed E-state index contributed by atoms with van der Waals surface area (Å²) in [6.45, 7) is 4.39. The molecule has 0 unspecified atom stereocenters. The van der Waals surface area contributed by atoms with E-state index in [0.29, 0.717) is 32.6 Å². The van der Waals surface area contributed by atoms with Crippen molar-refractivity contribution < 1.29 is 9.59 Å². The lowest BCUT2D eigenvalue weighted by molar-refractivity contribution is -0.139. The molecule has 1 aliphatic carbocycles. The van der Waals surface area contributed by atoms with E-state index in [0.717, 1.165) is 24.2 Å². The molecule has 2 aliphatic rings. The van der Waals surface area contributed by atoms with E-state index in [-0.39, 0.29) is 23.8 Å². The van der Waals surface area contributed by atoms with Crippen molar-refractivity contribution >= 4 is 11.8 Å². The largest absolute Gasteiger partial charge is 0.349 e. The van der Waals surface area contributed by atoms with Crippen molar-refractivity contribution in [2.75, 3.05) is 6.54 Å². The van der Waals surface area contributed by atoms with Crippen LogP contribution in [-0.2, 0) is 29.2 Å². The molecule has 2 aromatic heterocycles. The van der Waals surface area contributed by atoms with Gasteiger partial charge in [0.1, 0.15) is 6.04 Å². The first-order valence-corrected chi connectivity index (χ1v) is 9.77. The number of fused-ring (bicyclic) bond motifs is 1. The van der Waals surface area contributed by atoms with Gasteiger partial charge < -0.3 is 10.2 Å². The topological polar surface area (TPSA) is 85.0 Å². The van der Waals surface area contributed by atoms with Crippen LogP contribution in [0.25, 0.3) is 0 Å². The summed E-state index contributed by atoms with van der Waals surface area (Å²) in [5, 5.41) is 11.7. The van der Waals surface area contributed by atoms with Crippen LogP contribution in [0.1, 0.15) is 50.0 Å². The van der Waals surface area contributed by atoms with Crippen LogP contribution in [0, 0.1) is 5.92 Å². The van der Waals surface area contributed by atoms with Crippen molar-refractivity contribution in [3.8, 4) is 0 Å². The lowest BCUT2D eigenvalue weighted by Crippen LogP contribution is -2.43. The van der Waals surface area contributed by atoms with Crippen molar-refractivity contribution in [2.45, 2.75) is 58.3 Å². The number of aromatic nitrogens is 4. The van der Waals surface area contributed by atoms with Gasteiger partial charge in [-0.25, -0.2) is 0 Å². The van der Waals surface area contributed by atoms with Gasteiger partial charge in [-0.1, -0.05) is 13.3 Å². The van der Waals surface area contributed by atoms with Gasteiger partial charge in [0.15, 0.2) is 0 Å². The second-order valence-corrected chi connectivity index (χ2v) is 7.37. The van der Waals surface area contributed by atoms with Gasteiger partial charge in [0.05, 0.1) is 31.0 Å². The molecule has 8 nitrogen and oxygen atoms in total. The van der Waals surface area contributed by atoms with Gasteiger partial charge in [-0.3, -0.25) is 19.0 Å². The highest BCUT2D eigenvalue weighted by Crippen LogP contribution is 2.29. The monoisotopic (exact) mass is 370 g/mol. The van der Waals surface area contributed by atoms with E-state index in [1.165, 1.54) is 6.42 Å². The molecular weight excluding hydrogens is 344 g/mol. The summed E-state index contributed by atoms with van der Waals surface area (Å²) in [6, 6.07) is 3.50. The summed E-state index contributed by atoms with van der Waals surface area (Å²) in [5.74, 6) is 0.453. The van der Waals surface area contributed by atoms with Gasteiger partial charge in [-0.15, -0.1) is 0 Å². The first kappa shape index (κ1) is 17.8.